The number of amides is 3. The molecular weight excluding hydrogens is 404 g/mol. The smallest absolute Gasteiger partial charge is 0.326 e. The summed E-state index contributed by atoms with van der Waals surface area (Å²) in [5.41, 5.74) is 5.46. The summed E-state index contributed by atoms with van der Waals surface area (Å²) < 4.78 is 0. The van der Waals surface area contributed by atoms with Crippen LogP contribution < -0.4 is 21.7 Å². The third kappa shape index (κ3) is 9.62. The van der Waals surface area contributed by atoms with Gasteiger partial charge in [-0.2, -0.15) is 0 Å². The molecular formula is C17H30N4O9. The molecule has 5 atom stereocenters. The maximum atomic E-state index is 12.5. The van der Waals surface area contributed by atoms with Crippen molar-refractivity contribution in [3.05, 3.63) is 0 Å². The molecule has 3 amide bonds. The second-order valence-corrected chi connectivity index (χ2v) is 7.20. The number of carboxylic acids is 2. The van der Waals surface area contributed by atoms with Crippen LogP contribution in [-0.4, -0.2) is 87.0 Å². The van der Waals surface area contributed by atoms with Gasteiger partial charge in [0.25, 0.3) is 0 Å². The van der Waals surface area contributed by atoms with Crippen LogP contribution in [0.4, 0.5) is 0 Å². The van der Waals surface area contributed by atoms with E-state index in [1.54, 1.807) is 13.8 Å². The Morgan fingerprint density at radius 3 is 1.70 bits per heavy atom. The van der Waals surface area contributed by atoms with Crippen molar-refractivity contribution >= 4 is 29.7 Å². The first-order valence-electron chi connectivity index (χ1n) is 9.20. The van der Waals surface area contributed by atoms with Crippen molar-refractivity contribution in [3.8, 4) is 0 Å². The number of hydrogen-bond acceptors (Lipinski definition) is 8. The number of nitrogens with one attached hydrogen (secondary N) is 3. The lowest BCUT2D eigenvalue weighted by Crippen LogP contribution is -2.59. The van der Waals surface area contributed by atoms with Crippen LogP contribution in [0.3, 0.4) is 0 Å². The first-order valence-corrected chi connectivity index (χ1v) is 9.20. The zero-order valence-electron chi connectivity index (χ0n) is 17.0. The molecule has 0 aromatic rings. The van der Waals surface area contributed by atoms with E-state index >= 15 is 0 Å². The highest BCUT2D eigenvalue weighted by atomic mass is 16.4. The van der Waals surface area contributed by atoms with Gasteiger partial charge in [-0.25, -0.2) is 4.79 Å². The Kier molecular flexibility index (Phi) is 11.5. The molecule has 0 aromatic carbocycles. The fourth-order valence-corrected chi connectivity index (χ4v) is 2.30. The van der Waals surface area contributed by atoms with Gasteiger partial charge in [-0.1, -0.05) is 13.8 Å². The van der Waals surface area contributed by atoms with Crippen molar-refractivity contribution in [2.24, 2.45) is 11.7 Å². The number of nitrogens with two attached hydrogens (primary N) is 1. The van der Waals surface area contributed by atoms with Gasteiger partial charge < -0.3 is 42.1 Å². The molecule has 9 N–H and O–H groups in total. The number of carbonyl (C=O) groups excluding carboxylic acids is 3. The molecule has 0 fully saturated rings. The first-order chi connectivity index (χ1) is 13.8. The van der Waals surface area contributed by atoms with Crippen LogP contribution in [0.5, 0.6) is 0 Å². The van der Waals surface area contributed by atoms with Crippen LogP contribution in [0.25, 0.3) is 0 Å². The molecule has 0 heterocycles. The van der Waals surface area contributed by atoms with E-state index in [4.69, 9.17) is 15.9 Å². The molecule has 0 radical (unpaired) electrons. The highest BCUT2D eigenvalue weighted by Crippen LogP contribution is 2.07. The van der Waals surface area contributed by atoms with Gasteiger partial charge in [-0.15, -0.1) is 0 Å². The molecule has 13 heteroatoms. The van der Waals surface area contributed by atoms with Gasteiger partial charge in [0.1, 0.15) is 24.2 Å². The fourth-order valence-electron chi connectivity index (χ4n) is 2.30. The van der Waals surface area contributed by atoms with E-state index < -0.39 is 73.0 Å². The summed E-state index contributed by atoms with van der Waals surface area (Å²) in [4.78, 5) is 58.7. The van der Waals surface area contributed by atoms with E-state index in [0.717, 1.165) is 0 Å². The van der Waals surface area contributed by atoms with Gasteiger partial charge in [-0.05, 0) is 19.3 Å². The van der Waals surface area contributed by atoms with Crippen molar-refractivity contribution in [2.75, 3.05) is 6.61 Å². The summed E-state index contributed by atoms with van der Waals surface area (Å²) in [6, 6.07) is -5.81. The van der Waals surface area contributed by atoms with Crippen LogP contribution in [0.1, 0.15) is 33.6 Å². The molecule has 0 saturated heterocycles. The number of carboxylic acid groups (broad SMARTS) is 2. The zero-order chi connectivity index (χ0) is 23.6. The van der Waals surface area contributed by atoms with Crippen molar-refractivity contribution in [2.45, 2.75) is 63.9 Å². The lowest BCUT2D eigenvalue weighted by molar-refractivity contribution is -0.147. The van der Waals surface area contributed by atoms with E-state index in [1.807, 2.05) is 0 Å². The third-order valence-electron chi connectivity index (χ3n) is 3.97. The Balaban J connectivity index is 5.31. The molecule has 0 spiro atoms. The molecule has 0 aliphatic heterocycles. The maximum Gasteiger partial charge on any atom is 0.326 e. The second-order valence-electron chi connectivity index (χ2n) is 7.20. The molecule has 172 valence electrons. The van der Waals surface area contributed by atoms with Gasteiger partial charge in [0.15, 0.2) is 0 Å². The Labute approximate surface area is 173 Å². The molecule has 0 saturated carbocycles. The van der Waals surface area contributed by atoms with Gasteiger partial charge in [-0.3, -0.25) is 19.2 Å². The summed E-state index contributed by atoms with van der Waals surface area (Å²) in [6.45, 7) is 3.88. The maximum absolute atomic E-state index is 12.5. The molecule has 13 nitrogen and oxygen atoms in total. The number of carbonyl (C=O) groups is 5. The minimum Gasteiger partial charge on any atom is -0.481 e. The summed E-state index contributed by atoms with van der Waals surface area (Å²) in [7, 11) is 0. The van der Waals surface area contributed by atoms with E-state index in [0.29, 0.717) is 0 Å². The predicted molar refractivity (Wildman–Crippen MR) is 102 cm³/mol. The summed E-state index contributed by atoms with van der Waals surface area (Å²) in [6.07, 6.45) is -2.01. The quantitative estimate of drug-likeness (QED) is 0.144. The van der Waals surface area contributed by atoms with Gasteiger partial charge >= 0.3 is 11.9 Å². The number of aliphatic hydroxyl groups is 2. The molecule has 0 aromatic heterocycles. The SMILES string of the molecule is CC(C)CC(NC(=O)C(CO)NC(=O)C(N)C(C)O)C(=O)NC(CC(=O)O)C(=O)O. The summed E-state index contributed by atoms with van der Waals surface area (Å²) in [5.74, 6) is -5.92. The minimum atomic E-state index is -1.71. The summed E-state index contributed by atoms with van der Waals surface area (Å²) in [5, 5.41) is 43.0. The number of rotatable bonds is 13. The standard InChI is InChI=1S/C17H30N4O9/c1-7(2)4-9(14(26)20-10(17(29)30)5-12(24)25)19-15(27)11(6-22)21-16(28)13(18)8(3)23/h7-11,13,22-23H,4-6,18H2,1-3H3,(H,19,27)(H,20,26)(H,21,28)(H,24,25)(H,29,30). The third-order valence-corrected chi connectivity index (χ3v) is 3.97. The van der Waals surface area contributed by atoms with E-state index in [1.165, 1.54) is 6.92 Å². The van der Waals surface area contributed by atoms with Crippen LogP contribution in [-0.2, 0) is 24.0 Å². The van der Waals surface area contributed by atoms with Crippen molar-refractivity contribution in [1.29, 1.82) is 0 Å². The molecule has 0 rings (SSSR count). The van der Waals surface area contributed by atoms with Crippen molar-refractivity contribution in [1.82, 2.24) is 16.0 Å². The van der Waals surface area contributed by atoms with E-state index in [-0.39, 0.29) is 12.3 Å². The van der Waals surface area contributed by atoms with Crippen LogP contribution >= 0.6 is 0 Å². The van der Waals surface area contributed by atoms with Gasteiger partial charge in [0.2, 0.25) is 17.7 Å². The topological polar surface area (TPSA) is 228 Å². The Morgan fingerprint density at radius 2 is 1.30 bits per heavy atom. The Bertz CT molecular complexity index is 639. The lowest BCUT2D eigenvalue weighted by Gasteiger charge is -2.25. The van der Waals surface area contributed by atoms with E-state index in [2.05, 4.69) is 16.0 Å². The second kappa shape index (κ2) is 12.7. The average molecular weight is 434 g/mol. The highest BCUT2D eigenvalue weighted by Gasteiger charge is 2.31. The van der Waals surface area contributed by atoms with Crippen molar-refractivity contribution < 1.29 is 44.4 Å². The number of aliphatic hydroxyl groups excluding tert-OH is 2. The largest absolute Gasteiger partial charge is 0.481 e. The summed E-state index contributed by atoms with van der Waals surface area (Å²) >= 11 is 0. The van der Waals surface area contributed by atoms with E-state index in [9.17, 15) is 34.2 Å². The Hall–Kier alpha value is -2.77. The monoisotopic (exact) mass is 434 g/mol. The Morgan fingerprint density at radius 1 is 0.833 bits per heavy atom. The number of hydrogen-bond donors (Lipinski definition) is 8. The van der Waals surface area contributed by atoms with Crippen LogP contribution in [0, 0.1) is 5.92 Å². The normalized spacial score (nSPS) is 16.0. The van der Waals surface area contributed by atoms with Gasteiger partial charge in [0, 0.05) is 0 Å². The zero-order valence-corrected chi connectivity index (χ0v) is 17.0. The van der Waals surface area contributed by atoms with Crippen molar-refractivity contribution in [3.63, 3.8) is 0 Å². The molecule has 30 heavy (non-hydrogen) atoms. The minimum absolute atomic E-state index is 0.0657. The predicted octanol–water partition coefficient (Wildman–Crippen LogP) is -3.25. The number of aliphatic carboxylic acids is 2. The molecule has 5 unspecified atom stereocenters. The highest BCUT2D eigenvalue weighted by molar-refractivity contribution is 5.94. The lowest BCUT2D eigenvalue weighted by atomic mass is 10.0. The fraction of sp³-hybridized carbons (Fsp3) is 0.706. The molecule has 0 aliphatic carbocycles. The van der Waals surface area contributed by atoms with Gasteiger partial charge in [0.05, 0.1) is 19.1 Å². The first kappa shape index (κ1) is 27.2. The van der Waals surface area contributed by atoms with Crippen LogP contribution in [0.15, 0.2) is 0 Å². The molecule has 0 aliphatic rings. The average Bonchev–Trinajstić information content (AvgIpc) is 2.62. The molecule has 0 bridgehead atoms. The van der Waals surface area contributed by atoms with Crippen LogP contribution in [0.2, 0.25) is 0 Å².